The molecule has 194 valence electrons. The molecule has 2 aromatic rings. The minimum Gasteiger partial charge on any atom is -0.440 e. The second-order valence-electron chi connectivity index (χ2n) is 11.5. The molecule has 7 rings (SSSR count). The summed E-state index contributed by atoms with van der Waals surface area (Å²) in [6.45, 7) is 9.49. The molecule has 0 radical (unpaired) electrons. The van der Waals surface area contributed by atoms with Crippen LogP contribution in [0.4, 0.5) is 11.4 Å². The zero-order valence-corrected chi connectivity index (χ0v) is 21.3. The summed E-state index contributed by atoms with van der Waals surface area (Å²) in [7, 11) is 0. The van der Waals surface area contributed by atoms with Crippen LogP contribution in [-0.4, -0.2) is 37.5 Å². The Morgan fingerprint density at radius 1 is 0.789 bits per heavy atom. The lowest BCUT2D eigenvalue weighted by Gasteiger charge is -2.26. The van der Waals surface area contributed by atoms with Gasteiger partial charge in [0.2, 0.25) is 5.60 Å². The number of para-hydroxylation sites is 2. The molecular weight excluding hydrogens is 480 g/mol. The van der Waals surface area contributed by atoms with Crippen molar-refractivity contribution in [3.8, 4) is 0 Å². The topological polar surface area (TPSA) is 76.2 Å². The van der Waals surface area contributed by atoms with Crippen molar-refractivity contribution in [2.75, 3.05) is 29.5 Å². The van der Waals surface area contributed by atoms with E-state index in [0.29, 0.717) is 37.6 Å². The van der Waals surface area contributed by atoms with Crippen LogP contribution in [0.2, 0.25) is 0 Å². The number of anilines is 2. The summed E-state index contributed by atoms with van der Waals surface area (Å²) < 4.78 is 11.8. The quantitative estimate of drug-likeness (QED) is 0.347. The van der Waals surface area contributed by atoms with E-state index in [0.717, 1.165) is 47.3 Å². The highest BCUT2D eigenvalue weighted by molar-refractivity contribution is 6.11. The van der Waals surface area contributed by atoms with E-state index in [9.17, 15) is 14.4 Å². The van der Waals surface area contributed by atoms with Gasteiger partial charge in [-0.2, -0.15) is 0 Å². The molecule has 0 N–H and O–H groups in total. The maximum atomic E-state index is 13.7. The number of carbonyl (C=O) groups excluding carboxylic acids is 3. The second kappa shape index (κ2) is 8.14. The largest absolute Gasteiger partial charge is 0.440 e. The number of ether oxygens (including phenoxy) is 2. The summed E-state index contributed by atoms with van der Waals surface area (Å²) in [5, 5.41) is 0. The first-order chi connectivity index (χ1) is 18.3. The van der Waals surface area contributed by atoms with Crippen molar-refractivity contribution < 1.29 is 23.9 Å². The van der Waals surface area contributed by atoms with Crippen LogP contribution in [0, 0.1) is 11.8 Å². The Bertz CT molecular complexity index is 1410. The number of hydrogen-bond donors (Lipinski definition) is 0. The molecule has 0 aromatic heterocycles. The average Bonchev–Trinajstić information content (AvgIpc) is 3.69. The van der Waals surface area contributed by atoms with Crippen LogP contribution in [0.3, 0.4) is 0 Å². The molecule has 5 aliphatic rings. The van der Waals surface area contributed by atoms with Gasteiger partial charge < -0.3 is 19.3 Å². The summed E-state index contributed by atoms with van der Waals surface area (Å²) in [5.74, 6) is -0.0632. The molecule has 4 heterocycles. The Hall–Kier alpha value is -3.71. The van der Waals surface area contributed by atoms with Crippen LogP contribution < -0.4 is 9.80 Å². The van der Waals surface area contributed by atoms with Crippen LogP contribution in [-0.2, 0) is 35.1 Å². The van der Waals surface area contributed by atoms with Crippen LogP contribution >= 0.6 is 0 Å². The molecule has 1 aliphatic carbocycles. The number of benzene rings is 2. The first-order valence-corrected chi connectivity index (χ1v) is 13.4. The zero-order chi connectivity index (χ0) is 26.2. The van der Waals surface area contributed by atoms with Crippen molar-refractivity contribution in [2.45, 2.75) is 43.3 Å². The molecule has 7 heteroatoms. The predicted octanol–water partition coefficient (Wildman–Crippen LogP) is 4.37. The van der Waals surface area contributed by atoms with Crippen LogP contribution in [0.15, 0.2) is 72.8 Å². The molecule has 4 aliphatic heterocycles. The van der Waals surface area contributed by atoms with Crippen LogP contribution in [0.5, 0.6) is 0 Å². The molecule has 2 aromatic carbocycles. The van der Waals surface area contributed by atoms with Gasteiger partial charge in [-0.3, -0.25) is 9.59 Å². The van der Waals surface area contributed by atoms with Crippen molar-refractivity contribution in [1.82, 2.24) is 0 Å². The van der Waals surface area contributed by atoms with Gasteiger partial charge in [0.1, 0.15) is 0 Å². The molecule has 4 atom stereocenters. The van der Waals surface area contributed by atoms with E-state index < -0.39 is 17.2 Å². The van der Waals surface area contributed by atoms with Gasteiger partial charge in [-0.25, -0.2) is 4.79 Å². The van der Waals surface area contributed by atoms with Gasteiger partial charge in [0.25, 0.3) is 11.8 Å². The average molecular weight is 511 g/mol. The number of amides is 2. The summed E-state index contributed by atoms with van der Waals surface area (Å²) in [5.41, 5.74) is 2.49. The zero-order valence-electron chi connectivity index (χ0n) is 21.3. The van der Waals surface area contributed by atoms with Gasteiger partial charge in [-0.05, 0) is 48.8 Å². The fourth-order valence-corrected chi connectivity index (χ4v) is 7.27. The van der Waals surface area contributed by atoms with Crippen molar-refractivity contribution >= 4 is 29.2 Å². The lowest BCUT2D eigenvalue weighted by atomic mass is 9.91. The third-order valence-electron chi connectivity index (χ3n) is 9.01. The summed E-state index contributed by atoms with van der Waals surface area (Å²) in [6, 6.07) is 15.5. The minimum absolute atomic E-state index is 0.00895. The fraction of sp³-hybridized carbons (Fsp3) is 0.387. The highest BCUT2D eigenvalue weighted by atomic mass is 16.6. The molecule has 1 saturated carbocycles. The smallest absolute Gasteiger partial charge is 0.335 e. The first-order valence-electron chi connectivity index (χ1n) is 13.4. The molecule has 2 spiro atoms. The van der Waals surface area contributed by atoms with E-state index in [1.807, 2.05) is 53.4 Å². The highest BCUT2D eigenvalue weighted by Crippen LogP contribution is 2.52. The molecule has 38 heavy (non-hydrogen) atoms. The molecule has 7 nitrogen and oxygen atoms in total. The molecule has 4 unspecified atom stereocenters. The highest BCUT2D eigenvalue weighted by Gasteiger charge is 2.59. The predicted molar refractivity (Wildman–Crippen MR) is 141 cm³/mol. The first kappa shape index (κ1) is 23.4. The van der Waals surface area contributed by atoms with Crippen LogP contribution in [0.1, 0.15) is 43.2 Å². The molecule has 0 bridgehead atoms. The minimum atomic E-state index is -1.28. The van der Waals surface area contributed by atoms with Crippen molar-refractivity contribution in [1.29, 1.82) is 0 Å². The summed E-state index contributed by atoms with van der Waals surface area (Å²) in [6.07, 6.45) is 3.59. The van der Waals surface area contributed by atoms with E-state index in [1.165, 1.54) is 0 Å². The number of rotatable bonds is 4. The Balaban J connectivity index is 1.09. The number of fused-ring (bicyclic) bond motifs is 4. The van der Waals surface area contributed by atoms with E-state index in [-0.39, 0.29) is 24.2 Å². The maximum Gasteiger partial charge on any atom is 0.335 e. The summed E-state index contributed by atoms with van der Waals surface area (Å²) >= 11 is 0. The second-order valence-corrected chi connectivity index (χ2v) is 11.5. The monoisotopic (exact) mass is 510 g/mol. The molecule has 2 saturated heterocycles. The maximum absolute atomic E-state index is 13.7. The fourth-order valence-electron chi connectivity index (χ4n) is 7.27. The normalized spacial score (nSPS) is 31.7. The molecule has 3 fully saturated rings. The Kier molecular flexibility index (Phi) is 5.02. The lowest BCUT2D eigenvalue weighted by Crippen LogP contribution is -2.42. The van der Waals surface area contributed by atoms with Gasteiger partial charge in [0.15, 0.2) is 5.60 Å². The van der Waals surface area contributed by atoms with E-state index in [1.54, 1.807) is 4.90 Å². The van der Waals surface area contributed by atoms with Gasteiger partial charge >= 0.3 is 5.97 Å². The van der Waals surface area contributed by atoms with E-state index in [4.69, 9.17) is 9.47 Å². The SMILES string of the molecule is C=C1COC2(C1)C(=O)N(CC1CCC(CN3C(=O)C4(CC(=C)C(=O)O4)c4ccccc43)C1)c1ccccc12. The Labute approximate surface area is 221 Å². The van der Waals surface area contributed by atoms with Crippen molar-refractivity contribution in [2.24, 2.45) is 11.8 Å². The third kappa shape index (κ3) is 3.14. The van der Waals surface area contributed by atoms with E-state index in [2.05, 4.69) is 13.2 Å². The van der Waals surface area contributed by atoms with Gasteiger partial charge in [-0.1, -0.05) is 49.6 Å². The Morgan fingerprint density at radius 3 is 1.87 bits per heavy atom. The van der Waals surface area contributed by atoms with Crippen LogP contribution in [0.25, 0.3) is 0 Å². The van der Waals surface area contributed by atoms with Gasteiger partial charge in [-0.15, -0.1) is 0 Å². The standard InChI is InChI=1S/C31H30N2O5/c1-19-14-30(37-18-19)23-7-3-5-9-25(23)32(28(30)35)16-21-11-12-22(13-21)17-33-26-10-6-4-8-24(26)31(29(33)36)15-20(2)27(34)38-31/h3-10,21-22H,1-2,11-18H2. The van der Waals surface area contributed by atoms with Crippen molar-refractivity contribution in [3.05, 3.63) is 84.0 Å². The molecule has 2 amide bonds. The number of esters is 1. The van der Waals surface area contributed by atoms with Gasteiger partial charge in [0.05, 0.1) is 18.0 Å². The summed E-state index contributed by atoms with van der Waals surface area (Å²) in [4.78, 5) is 43.4. The lowest BCUT2D eigenvalue weighted by molar-refractivity contribution is -0.156. The number of nitrogens with zero attached hydrogens (tertiary/aromatic N) is 2. The Morgan fingerprint density at radius 2 is 1.34 bits per heavy atom. The molecular formula is C31H30N2O5. The van der Waals surface area contributed by atoms with Crippen molar-refractivity contribution in [3.63, 3.8) is 0 Å². The van der Waals surface area contributed by atoms with E-state index >= 15 is 0 Å². The van der Waals surface area contributed by atoms with Gasteiger partial charge in [0, 0.05) is 42.6 Å². The number of hydrogen-bond acceptors (Lipinski definition) is 5. The number of carbonyl (C=O) groups is 3. The third-order valence-corrected chi connectivity index (χ3v) is 9.01.